The lowest BCUT2D eigenvalue weighted by molar-refractivity contribution is 0.174. The summed E-state index contributed by atoms with van der Waals surface area (Å²) in [5, 5.41) is 3.45. The first-order chi connectivity index (χ1) is 13.7. The number of anilines is 1. The zero-order chi connectivity index (χ0) is 19.3. The maximum atomic E-state index is 13.0. The highest BCUT2D eigenvalue weighted by Crippen LogP contribution is 2.33. The average Bonchev–Trinajstić information content (AvgIpc) is 3.16. The van der Waals surface area contributed by atoms with Gasteiger partial charge < -0.3 is 19.7 Å². The van der Waals surface area contributed by atoms with Crippen molar-refractivity contribution >= 4 is 23.3 Å². The van der Waals surface area contributed by atoms with E-state index < -0.39 is 0 Å². The van der Waals surface area contributed by atoms with Crippen molar-refractivity contribution in [3.8, 4) is 11.5 Å². The van der Waals surface area contributed by atoms with Gasteiger partial charge in [0.05, 0.1) is 12.2 Å². The molecule has 3 aromatic rings. The minimum atomic E-state index is -0.245. The number of aromatic nitrogens is 1. The van der Waals surface area contributed by atoms with Gasteiger partial charge in [0.1, 0.15) is 0 Å². The van der Waals surface area contributed by atoms with Crippen LogP contribution in [0.1, 0.15) is 11.3 Å². The van der Waals surface area contributed by atoms with Gasteiger partial charge in [-0.2, -0.15) is 0 Å². The van der Waals surface area contributed by atoms with E-state index in [1.54, 1.807) is 35.4 Å². The van der Waals surface area contributed by atoms with Crippen LogP contribution in [-0.2, 0) is 13.1 Å². The van der Waals surface area contributed by atoms with Gasteiger partial charge in [-0.3, -0.25) is 4.98 Å². The second kappa shape index (κ2) is 8.19. The summed E-state index contributed by atoms with van der Waals surface area (Å²) in [6.45, 7) is 0.965. The summed E-state index contributed by atoms with van der Waals surface area (Å²) >= 11 is 6.02. The summed E-state index contributed by atoms with van der Waals surface area (Å²) in [6, 6.07) is 18.1. The molecule has 0 spiro atoms. The van der Waals surface area contributed by atoms with E-state index in [4.69, 9.17) is 21.1 Å². The van der Waals surface area contributed by atoms with Gasteiger partial charge in [0, 0.05) is 23.5 Å². The van der Waals surface area contributed by atoms with Gasteiger partial charge in [0.25, 0.3) is 0 Å². The molecule has 6 nitrogen and oxygen atoms in total. The Morgan fingerprint density at radius 3 is 2.75 bits per heavy atom. The van der Waals surface area contributed by atoms with E-state index in [1.165, 1.54) is 0 Å². The van der Waals surface area contributed by atoms with Gasteiger partial charge in [0.2, 0.25) is 6.79 Å². The van der Waals surface area contributed by atoms with Gasteiger partial charge in [-0.25, -0.2) is 4.79 Å². The SMILES string of the molecule is O=C(Nc1cccc(Cl)c1)N(Cc1ccc2c(c1)OCO2)Cc1ccccn1. The molecule has 28 heavy (non-hydrogen) atoms. The van der Waals surface area contributed by atoms with Crippen molar-refractivity contribution in [3.63, 3.8) is 0 Å². The van der Waals surface area contributed by atoms with Gasteiger partial charge in [-0.1, -0.05) is 29.8 Å². The Morgan fingerprint density at radius 1 is 1.04 bits per heavy atom. The predicted molar refractivity (Wildman–Crippen MR) is 107 cm³/mol. The first-order valence-corrected chi connectivity index (χ1v) is 9.15. The summed E-state index contributed by atoms with van der Waals surface area (Å²) in [5.74, 6) is 1.40. The molecule has 2 heterocycles. The second-order valence-corrected chi connectivity index (χ2v) is 6.74. The smallest absolute Gasteiger partial charge is 0.322 e. The number of carbonyl (C=O) groups is 1. The monoisotopic (exact) mass is 395 g/mol. The molecule has 0 radical (unpaired) electrons. The molecular formula is C21H18ClN3O3. The number of pyridine rings is 1. The lowest BCUT2D eigenvalue weighted by atomic mass is 10.2. The molecule has 7 heteroatoms. The molecule has 0 bridgehead atoms. The molecule has 0 saturated carbocycles. The number of hydrogen-bond donors (Lipinski definition) is 1. The van der Waals surface area contributed by atoms with Crippen LogP contribution < -0.4 is 14.8 Å². The predicted octanol–water partition coefficient (Wildman–Crippen LogP) is 4.70. The van der Waals surface area contributed by atoms with Crippen molar-refractivity contribution in [1.29, 1.82) is 0 Å². The number of ether oxygens (including phenoxy) is 2. The Bertz CT molecular complexity index is 982. The number of urea groups is 1. The highest BCUT2D eigenvalue weighted by Gasteiger charge is 2.18. The summed E-state index contributed by atoms with van der Waals surface area (Å²) in [4.78, 5) is 19.0. The van der Waals surface area contributed by atoms with Crippen LogP contribution >= 0.6 is 11.6 Å². The number of hydrogen-bond acceptors (Lipinski definition) is 4. The fourth-order valence-corrected chi connectivity index (χ4v) is 3.11. The molecule has 142 valence electrons. The van der Waals surface area contributed by atoms with Crippen LogP contribution in [0.4, 0.5) is 10.5 Å². The van der Waals surface area contributed by atoms with Gasteiger partial charge in [-0.15, -0.1) is 0 Å². The largest absolute Gasteiger partial charge is 0.454 e. The normalized spacial score (nSPS) is 11.9. The lowest BCUT2D eigenvalue weighted by Crippen LogP contribution is -2.34. The maximum absolute atomic E-state index is 13.0. The Balaban J connectivity index is 1.55. The first kappa shape index (κ1) is 18.1. The summed E-state index contributed by atoms with van der Waals surface area (Å²) in [6.07, 6.45) is 1.71. The standard InChI is InChI=1S/C21H18ClN3O3/c22-16-4-3-6-17(11-16)24-21(26)25(13-18-5-1-2-9-23-18)12-15-7-8-19-20(10-15)28-14-27-19/h1-11H,12-14H2,(H,24,26). The fourth-order valence-electron chi connectivity index (χ4n) is 2.92. The topological polar surface area (TPSA) is 63.7 Å². The van der Waals surface area contributed by atoms with E-state index in [0.29, 0.717) is 35.3 Å². The minimum absolute atomic E-state index is 0.214. The molecule has 2 aromatic carbocycles. The van der Waals surface area contributed by atoms with Gasteiger partial charge in [0.15, 0.2) is 11.5 Å². The van der Waals surface area contributed by atoms with E-state index in [1.807, 2.05) is 36.4 Å². The first-order valence-electron chi connectivity index (χ1n) is 8.77. The molecule has 0 unspecified atom stereocenters. The molecular weight excluding hydrogens is 378 g/mol. The van der Waals surface area contributed by atoms with E-state index in [2.05, 4.69) is 10.3 Å². The third-order valence-corrected chi connectivity index (χ3v) is 4.49. The highest BCUT2D eigenvalue weighted by molar-refractivity contribution is 6.30. The van der Waals surface area contributed by atoms with Crippen molar-refractivity contribution in [1.82, 2.24) is 9.88 Å². The van der Waals surface area contributed by atoms with Crippen molar-refractivity contribution in [2.24, 2.45) is 0 Å². The summed E-state index contributed by atoms with van der Waals surface area (Å²) in [5.41, 5.74) is 2.36. The maximum Gasteiger partial charge on any atom is 0.322 e. The molecule has 0 saturated heterocycles. The molecule has 0 atom stereocenters. The van der Waals surface area contributed by atoms with Crippen molar-refractivity contribution in [2.75, 3.05) is 12.1 Å². The van der Waals surface area contributed by atoms with Crippen LogP contribution in [0.5, 0.6) is 11.5 Å². The highest BCUT2D eigenvalue weighted by atomic mass is 35.5. The van der Waals surface area contributed by atoms with Crippen molar-refractivity contribution in [2.45, 2.75) is 13.1 Å². The molecule has 1 aliphatic heterocycles. The van der Waals surface area contributed by atoms with Crippen LogP contribution in [0.25, 0.3) is 0 Å². The number of benzene rings is 2. The van der Waals surface area contributed by atoms with Crippen molar-refractivity contribution in [3.05, 3.63) is 83.1 Å². The fraction of sp³-hybridized carbons (Fsp3) is 0.143. The van der Waals surface area contributed by atoms with E-state index in [0.717, 1.165) is 11.3 Å². The van der Waals surface area contributed by atoms with Crippen LogP contribution in [0.15, 0.2) is 66.9 Å². The molecule has 1 aliphatic rings. The number of rotatable bonds is 5. The van der Waals surface area contributed by atoms with E-state index >= 15 is 0 Å². The Labute approximate surface area is 167 Å². The van der Waals surface area contributed by atoms with Gasteiger partial charge >= 0.3 is 6.03 Å². The Morgan fingerprint density at radius 2 is 1.93 bits per heavy atom. The number of nitrogens with one attached hydrogen (secondary N) is 1. The number of halogens is 1. The number of carbonyl (C=O) groups excluding carboxylic acids is 1. The third kappa shape index (κ3) is 4.35. The third-order valence-electron chi connectivity index (χ3n) is 4.25. The molecule has 4 rings (SSSR count). The number of nitrogens with zero attached hydrogens (tertiary/aromatic N) is 2. The summed E-state index contributed by atoms with van der Waals surface area (Å²) in [7, 11) is 0. The van der Waals surface area contributed by atoms with Crippen molar-refractivity contribution < 1.29 is 14.3 Å². The lowest BCUT2D eigenvalue weighted by Gasteiger charge is -2.23. The molecule has 1 aromatic heterocycles. The zero-order valence-corrected chi connectivity index (χ0v) is 15.7. The van der Waals surface area contributed by atoms with Crippen LogP contribution in [0, 0.1) is 0 Å². The molecule has 1 N–H and O–H groups in total. The molecule has 0 fully saturated rings. The Kier molecular flexibility index (Phi) is 5.30. The molecule has 2 amide bonds. The van der Waals surface area contributed by atoms with E-state index in [9.17, 15) is 4.79 Å². The Hall–Kier alpha value is -3.25. The van der Waals surface area contributed by atoms with Crippen LogP contribution in [-0.4, -0.2) is 22.7 Å². The number of fused-ring (bicyclic) bond motifs is 1. The second-order valence-electron chi connectivity index (χ2n) is 6.31. The average molecular weight is 396 g/mol. The number of amides is 2. The van der Waals surface area contributed by atoms with Gasteiger partial charge in [-0.05, 0) is 48.0 Å². The van der Waals surface area contributed by atoms with Crippen LogP contribution in [0.3, 0.4) is 0 Å². The summed E-state index contributed by atoms with van der Waals surface area (Å²) < 4.78 is 10.8. The minimum Gasteiger partial charge on any atom is -0.454 e. The zero-order valence-electron chi connectivity index (χ0n) is 15.0. The van der Waals surface area contributed by atoms with E-state index in [-0.39, 0.29) is 12.8 Å². The van der Waals surface area contributed by atoms with Crippen LogP contribution in [0.2, 0.25) is 5.02 Å². The quantitative estimate of drug-likeness (QED) is 0.680. The molecule has 0 aliphatic carbocycles.